The molecule has 3 nitrogen and oxygen atoms in total. The smallest absolute Gasteiger partial charge is 0.244 e. The molecule has 1 amide bonds. The number of carbonyl (C=O) groups excluding carboxylic acids is 1. The SMILES string of the molecule is O=C(/C=C/c1ccc(O)cc1)NC1CC1. The molecule has 0 unspecified atom stereocenters. The normalized spacial score (nSPS) is 15.5. The molecule has 1 fully saturated rings. The van der Waals surface area contributed by atoms with Gasteiger partial charge in [0.05, 0.1) is 0 Å². The van der Waals surface area contributed by atoms with Crippen molar-refractivity contribution in [3.8, 4) is 5.75 Å². The van der Waals surface area contributed by atoms with E-state index < -0.39 is 0 Å². The van der Waals surface area contributed by atoms with Gasteiger partial charge in [0.2, 0.25) is 5.91 Å². The summed E-state index contributed by atoms with van der Waals surface area (Å²) in [5.74, 6) is 0.181. The summed E-state index contributed by atoms with van der Waals surface area (Å²) in [6.45, 7) is 0. The molecule has 0 heterocycles. The van der Waals surface area contributed by atoms with Crippen LogP contribution in [0.1, 0.15) is 18.4 Å². The van der Waals surface area contributed by atoms with Crippen molar-refractivity contribution in [3.63, 3.8) is 0 Å². The molecule has 1 saturated carbocycles. The van der Waals surface area contributed by atoms with Gasteiger partial charge in [-0.1, -0.05) is 12.1 Å². The zero-order valence-electron chi connectivity index (χ0n) is 8.31. The Labute approximate surface area is 88.4 Å². The van der Waals surface area contributed by atoms with Crippen LogP contribution in [-0.2, 0) is 4.79 Å². The summed E-state index contributed by atoms with van der Waals surface area (Å²) in [7, 11) is 0. The lowest BCUT2D eigenvalue weighted by molar-refractivity contribution is -0.116. The standard InChI is InChI=1S/C12H13NO2/c14-11-6-1-9(2-7-11)3-8-12(15)13-10-4-5-10/h1-3,6-8,10,14H,4-5H2,(H,13,15)/b8-3+. The van der Waals surface area contributed by atoms with E-state index in [-0.39, 0.29) is 11.7 Å². The molecule has 1 aromatic rings. The Kier molecular flexibility index (Phi) is 2.72. The number of hydrogen-bond donors (Lipinski definition) is 2. The van der Waals surface area contributed by atoms with E-state index in [1.807, 2.05) is 0 Å². The lowest BCUT2D eigenvalue weighted by Crippen LogP contribution is -2.22. The predicted molar refractivity (Wildman–Crippen MR) is 58.3 cm³/mol. The van der Waals surface area contributed by atoms with Crippen LogP contribution in [0, 0.1) is 0 Å². The van der Waals surface area contributed by atoms with Gasteiger partial charge in [0, 0.05) is 12.1 Å². The minimum atomic E-state index is -0.0504. The first kappa shape index (κ1) is 9.77. The van der Waals surface area contributed by atoms with E-state index in [0.717, 1.165) is 18.4 Å². The van der Waals surface area contributed by atoms with E-state index in [9.17, 15) is 4.79 Å². The Hall–Kier alpha value is -1.77. The molecular weight excluding hydrogens is 190 g/mol. The van der Waals surface area contributed by atoms with Crippen LogP contribution in [0.5, 0.6) is 5.75 Å². The largest absolute Gasteiger partial charge is 0.508 e. The summed E-state index contributed by atoms with van der Waals surface area (Å²) in [5.41, 5.74) is 0.902. The molecule has 1 aliphatic rings. The minimum absolute atomic E-state index is 0.0504. The molecule has 2 rings (SSSR count). The molecule has 0 aliphatic heterocycles. The maximum absolute atomic E-state index is 11.3. The number of hydrogen-bond acceptors (Lipinski definition) is 2. The highest BCUT2D eigenvalue weighted by molar-refractivity contribution is 5.92. The second-order valence-electron chi connectivity index (χ2n) is 3.71. The maximum atomic E-state index is 11.3. The van der Waals surface area contributed by atoms with Crippen LogP contribution in [0.15, 0.2) is 30.3 Å². The Morgan fingerprint density at radius 3 is 2.60 bits per heavy atom. The molecule has 0 spiro atoms. The summed E-state index contributed by atoms with van der Waals surface area (Å²) in [5, 5.41) is 11.9. The summed E-state index contributed by atoms with van der Waals surface area (Å²) in [6, 6.07) is 7.10. The van der Waals surface area contributed by atoms with Gasteiger partial charge < -0.3 is 10.4 Å². The van der Waals surface area contributed by atoms with Crippen molar-refractivity contribution >= 4 is 12.0 Å². The summed E-state index contributed by atoms with van der Waals surface area (Å²) in [4.78, 5) is 11.3. The first-order chi connectivity index (χ1) is 7.24. The van der Waals surface area contributed by atoms with Gasteiger partial charge in [-0.15, -0.1) is 0 Å². The van der Waals surface area contributed by atoms with E-state index >= 15 is 0 Å². The Morgan fingerprint density at radius 1 is 1.33 bits per heavy atom. The summed E-state index contributed by atoms with van der Waals surface area (Å²) in [6.07, 6.45) is 5.44. The first-order valence-corrected chi connectivity index (χ1v) is 5.01. The van der Waals surface area contributed by atoms with Crippen LogP contribution >= 0.6 is 0 Å². The number of phenolic OH excluding ortho intramolecular Hbond substituents is 1. The molecule has 2 N–H and O–H groups in total. The van der Waals surface area contributed by atoms with Crippen molar-refractivity contribution in [2.75, 3.05) is 0 Å². The number of aromatic hydroxyl groups is 1. The Bertz CT molecular complexity index is 377. The molecule has 1 aliphatic carbocycles. The molecular formula is C12H13NO2. The van der Waals surface area contributed by atoms with E-state index in [1.165, 1.54) is 6.08 Å². The monoisotopic (exact) mass is 203 g/mol. The number of carbonyl (C=O) groups is 1. The van der Waals surface area contributed by atoms with Gasteiger partial charge in [0.15, 0.2) is 0 Å². The molecule has 0 atom stereocenters. The van der Waals surface area contributed by atoms with Crippen molar-refractivity contribution < 1.29 is 9.90 Å². The van der Waals surface area contributed by atoms with E-state index in [4.69, 9.17) is 5.11 Å². The van der Waals surface area contributed by atoms with Crippen LogP contribution in [0.3, 0.4) is 0 Å². The topological polar surface area (TPSA) is 49.3 Å². The lowest BCUT2D eigenvalue weighted by atomic mass is 10.2. The fourth-order valence-electron chi connectivity index (χ4n) is 1.23. The van der Waals surface area contributed by atoms with Crippen LogP contribution in [0.2, 0.25) is 0 Å². The molecule has 15 heavy (non-hydrogen) atoms. The van der Waals surface area contributed by atoms with Crippen LogP contribution < -0.4 is 5.32 Å². The Balaban J connectivity index is 1.91. The number of benzene rings is 1. The zero-order valence-corrected chi connectivity index (χ0v) is 8.31. The van der Waals surface area contributed by atoms with Crippen LogP contribution in [0.4, 0.5) is 0 Å². The van der Waals surface area contributed by atoms with Crippen LogP contribution in [-0.4, -0.2) is 17.1 Å². The molecule has 3 heteroatoms. The third-order valence-corrected chi connectivity index (χ3v) is 2.24. The Morgan fingerprint density at radius 2 is 2.00 bits per heavy atom. The van der Waals surface area contributed by atoms with E-state index in [1.54, 1.807) is 30.3 Å². The lowest BCUT2D eigenvalue weighted by Gasteiger charge is -1.97. The molecule has 1 aromatic carbocycles. The molecule has 0 aromatic heterocycles. The van der Waals surface area contributed by atoms with Crippen molar-refractivity contribution in [2.45, 2.75) is 18.9 Å². The number of amides is 1. The van der Waals surface area contributed by atoms with Gasteiger partial charge in [0.25, 0.3) is 0 Å². The highest BCUT2D eigenvalue weighted by Gasteiger charge is 2.21. The van der Waals surface area contributed by atoms with Crippen molar-refractivity contribution in [1.82, 2.24) is 5.32 Å². The number of nitrogens with one attached hydrogen (secondary N) is 1. The highest BCUT2D eigenvalue weighted by Crippen LogP contribution is 2.18. The van der Waals surface area contributed by atoms with Crippen LogP contribution in [0.25, 0.3) is 6.08 Å². The van der Waals surface area contributed by atoms with Gasteiger partial charge in [0.1, 0.15) is 5.75 Å². The summed E-state index contributed by atoms with van der Waals surface area (Å²) >= 11 is 0. The third-order valence-electron chi connectivity index (χ3n) is 2.24. The molecule has 0 radical (unpaired) electrons. The van der Waals surface area contributed by atoms with Gasteiger partial charge in [-0.2, -0.15) is 0 Å². The third kappa shape index (κ3) is 3.13. The number of rotatable bonds is 3. The fourth-order valence-corrected chi connectivity index (χ4v) is 1.23. The van der Waals surface area contributed by atoms with E-state index in [0.29, 0.717) is 6.04 Å². The average molecular weight is 203 g/mol. The minimum Gasteiger partial charge on any atom is -0.508 e. The predicted octanol–water partition coefficient (Wildman–Crippen LogP) is 1.68. The van der Waals surface area contributed by atoms with Gasteiger partial charge in [-0.25, -0.2) is 0 Å². The van der Waals surface area contributed by atoms with E-state index in [2.05, 4.69) is 5.32 Å². The van der Waals surface area contributed by atoms with Crippen molar-refractivity contribution in [2.24, 2.45) is 0 Å². The highest BCUT2D eigenvalue weighted by atomic mass is 16.3. The maximum Gasteiger partial charge on any atom is 0.244 e. The first-order valence-electron chi connectivity index (χ1n) is 5.01. The van der Waals surface area contributed by atoms with Crippen molar-refractivity contribution in [1.29, 1.82) is 0 Å². The second kappa shape index (κ2) is 4.17. The molecule has 78 valence electrons. The zero-order chi connectivity index (χ0) is 10.7. The number of phenols is 1. The van der Waals surface area contributed by atoms with Gasteiger partial charge >= 0.3 is 0 Å². The second-order valence-corrected chi connectivity index (χ2v) is 3.71. The molecule has 0 saturated heterocycles. The summed E-state index contributed by atoms with van der Waals surface area (Å²) < 4.78 is 0. The van der Waals surface area contributed by atoms with Crippen molar-refractivity contribution in [3.05, 3.63) is 35.9 Å². The van der Waals surface area contributed by atoms with Gasteiger partial charge in [-0.3, -0.25) is 4.79 Å². The quantitative estimate of drug-likeness (QED) is 0.734. The van der Waals surface area contributed by atoms with Gasteiger partial charge in [-0.05, 0) is 36.6 Å². The fraction of sp³-hybridized carbons (Fsp3) is 0.250. The molecule has 0 bridgehead atoms. The average Bonchev–Trinajstić information content (AvgIpc) is 3.01.